The molecule has 2 aromatic rings. The monoisotopic (exact) mass is 458 g/mol. The van der Waals surface area contributed by atoms with E-state index in [9.17, 15) is 13.2 Å². The van der Waals surface area contributed by atoms with Crippen LogP contribution in [0.25, 0.3) is 11.0 Å². The molecule has 3 aliphatic rings. The van der Waals surface area contributed by atoms with E-state index in [2.05, 4.69) is 15.2 Å². The molecule has 4 heterocycles. The van der Waals surface area contributed by atoms with Crippen LogP contribution < -0.4 is 10.9 Å². The fourth-order valence-corrected chi connectivity index (χ4v) is 6.51. The third-order valence-corrected chi connectivity index (χ3v) is 8.48. The average molecular weight is 459 g/mol. The highest BCUT2D eigenvalue weighted by Crippen LogP contribution is 2.30. The minimum absolute atomic E-state index is 0.0145. The number of anilines is 1. The summed E-state index contributed by atoms with van der Waals surface area (Å²) >= 11 is 0. The fourth-order valence-electron chi connectivity index (χ4n) is 5.07. The first-order valence-electron chi connectivity index (χ1n) is 11.4. The summed E-state index contributed by atoms with van der Waals surface area (Å²) in [7, 11) is -1.39. The molecule has 172 valence electrons. The second-order valence-corrected chi connectivity index (χ2v) is 11.0. The van der Waals surface area contributed by atoms with Crippen LogP contribution in [0.2, 0.25) is 0 Å². The van der Waals surface area contributed by atoms with Crippen molar-refractivity contribution in [2.75, 3.05) is 38.5 Å². The van der Waals surface area contributed by atoms with Gasteiger partial charge in [0.25, 0.3) is 5.56 Å². The van der Waals surface area contributed by atoms with Crippen molar-refractivity contribution in [3.63, 3.8) is 0 Å². The smallest absolute Gasteiger partial charge is 0.252 e. The molecule has 0 radical (unpaired) electrons. The molecular weight excluding hydrogens is 428 g/mol. The normalized spacial score (nSPS) is 21.7. The lowest BCUT2D eigenvalue weighted by Crippen LogP contribution is -2.43. The first kappa shape index (κ1) is 21.5. The lowest BCUT2D eigenvalue weighted by molar-refractivity contribution is 0.308. The Kier molecular flexibility index (Phi) is 5.77. The minimum atomic E-state index is -3.36. The summed E-state index contributed by atoms with van der Waals surface area (Å²) in [6.45, 7) is 2.39. The van der Waals surface area contributed by atoms with E-state index < -0.39 is 10.0 Å². The highest BCUT2D eigenvalue weighted by Gasteiger charge is 2.29. The largest absolute Gasteiger partial charge is 0.351 e. The number of nitrogens with zero attached hydrogens (tertiary/aromatic N) is 5. The lowest BCUT2D eigenvalue weighted by Gasteiger charge is -2.33. The standard InChI is InChI=1S/C22H30N6O3S/c1-26-13-16(14-26)15-32(30,31)27-10-8-18(9-11-27)24-22-23-12-17-6-7-20(29)28(21(17)25-22)19-4-2-3-5-19/h6-7,12,15,18-19H,2-5,8-11,13-14H2,1H3,(H,23,24,25). The number of hydrogen-bond acceptors (Lipinski definition) is 7. The van der Waals surface area contributed by atoms with Crippen LogP contribution >= 0.6 is 0 Å². The summed E-state index contributed by atoms with van der Waals surface area (Å²) in [5.41, 5.74) is 1.63. The summed E-state index contributed by atoms with van der Waals surface area (Å²) in [5, 5.41) is 5.67. The molecule has 0 unspecified atom stereocenters. The van der Waals surface area contributed by atoms with Crippen molar-refractivity contribution in [2.24, 2.45) is 0 Å². The molecule has 1 aliphatic carbocycles. The molecular formula is C22H30N6O3S. The first-order valence-corrected chi connectivity index (χ1v) is 12.9. The van der Waals surface area contributed by atoms with E-state index in [1.165, 1.54) is 5.41 Å². The molecule has 0 amide bonds. The van der Waals surface area contributed by atoms with Crippen molar-refractivity contribution in [3.8, 4) is 0 Å². The zero-order chi connectivity index (χ0) is 22.3. The van der Waals surface area contributed by atoms with Gasteiger partial charge in [0.05, 0.1) is 0 Å². The van der Waals surface area contributed by atoms with E-state index in [4.69, 9.17) is 4.98 Å². The predicted molar refractivity (Wildman–Crippen MR) is 124 cm³/mol. The number of pyridine rings is 1. The van der Waals surface area contributed by atoms with E-state index in [1.807, 2.05) is 11.6 Å². The predicted octanol–water partition coefficient (Wildman–Crippen LogP) is 1.94. The van der Waals surface area contributed by atoms with Gasteiger partial charge < -0.3 is 5.32 Å². The quantitative estimate of drug-likeness (QED) is 0.731. The molecule has 2 aliphatic heterocycles. The number of hydrogen-bond donors (Lipinski definition) is 1. The van der Waals surface area contributed by atoms with Gasteiger partial charge in [-0.05, 0) is 44.4 Å². The summed E-state index contributed by atoms with van der Waals surface area (Å²) in [6, 6.07) is 3.68. The Bertz CT molecular complexity index is 1190. The van der Waals surface area contributed by atoms with Crippen molar-refractivity contribution in [1.82, 2.24) is 23.7 Å². The molecule has 0 aromatic carbocycles. The zero-order valence-corrected chi connectivity index (χ0v) is 19.2. The van der Waals surface area contributed by atoms with Crippen molar-refractivity contribution >= 4 is 27.0 Å². The maximum absolute atomic E-state index is 12.7. The van der Waals surface area contributed by atoms with E-state index in [0.717, 1.165) is 49.7 Å². The van der Waals surface area contributed by atoms with E-state index >= 15 is 0 Å². The maximum Gasteiger partial charge on any atom is 0.252 e. The van der Waals surface area contributed by atoms with Crippen LogP contribution in [-0.4, -0.2) is 71.4 Å². The Morgan fingerprint density at radius 1 is 1.09 bits per heavy atom. The number of piperidine rings is 1. The van der Waals surface area contributed by atoms with Crippen molar-refractivity contribution in [3.05, 3.63) is 39.7 Å². The van der Waals surface area contributed by atoms with Gasteiger partial charge in [0.2, 0.25) is 16.0 Å². The number of fused-ring (bicyclic) bond motifs is 1. The van der Waals surface area contributed by atoms with Gasteiger partial charge in [-0.2, -0.15) is 9.29 Å². The Labute approximate surface area is 188 Å². The van der Waals surface area contributed by atoms with Crippen molar-refractivity contribution in [2.45, 2.75) is 50.6 Å². The Morgan fingerprint density at radius 2 is 1.81 bits per heavy atom. The lowest BCUT2D eigenvalue weighted by atomic mass is 10.1. The van der Waals surface area contributed by atoms with Gasteiger partial charge in [-0.25, -0.2) is 13.4 Å². The SMILES string of the molecule is CN1CC(=CS(=O)(=O)N2CCC(Nc3ncc4ccc(=O)n(C5CCCC5)c4n3)CC2)C1. The Hall–Kier alpha value is -2.30. The van der Waals surface area contributed by atoms with E-state index in [0.29, 0.717) is 37.5 Å². The van der Waals surface area contributed by atoms with Crippen LogP contribution in [-0.2, 0) is 10.0 Å². The van der Waals surface area contributed by atoms with Gasteiger partial charge in [-0.15, -0.1) is 0 Å². The van der Waals surface area contributed by atoms with E-state index in [-0.39, 0.29) is 17.6 Å². The number of likely N-dealkylation sites (N-methyl/N-ethyl adjacent to an activating group) is 1. The summed E-state index contributed by atoms with van der Waals surface area (Å²) < 4.78 is 28.7. The zero-order valence-electron chi connectivity index (χ0n) is 18.4. The Morgan fingerprint density at radius 3 is 2.50 bits per heavy atom. The molecule has 2 saturated heterocycles. The molecule has 3 fully saturated rings. The van der Waals surface area contributed by atoms with Gasteiger partial charge in [0, 0.05) is 61.3 Å². The summed E-state index contributed by atoms with van der Waals surface area (Å²) in [5.74, 6) is 0.496. The number of likely N-dealkylation sites (tertiary alicyclic amines) is 1. The first-order chi connectivity index (χ1) is 15.4. The van der Waals surface area contributed by atoms with Crippen LogP contribution in [0.5, 0.6) is 0 Å². The molecule has 1 N–H and O–H groups in total. The molecule has 10 heteroatoms. The molecule has 5 rings (SSSR count). The Balaban J connectivity index is 1.28. The molecule has 0 atom stereocenters. The topological polar surface area (TPSA) is 100 Å². The van der Waals surface area contributed by atoms with Crippen LogP contribution in [0.3, 0.4) is 0 Å². The molecule has 9 nitrogen and oxygen atoms in total. The van der Waals surface area contributed by atoms with Crippen LogP contribution in [0.4, 0.5) is 5.95 Å². The van der Waals surface area contributed by atoms with Crippen LogP contribution in [0, 0.1) is 0 Å². The third kappa shape index (κ3) is 4.31. The summed E-state index contributed by atoms with van der Waals surface area (Å²) in [6.07, 6.45) is 7.42. The van der Waals surface area contributed by atoms with Crippen LogP contribution in [0.15, 0.2) is 34.1 Å². The van der Waals surface area contributed by atoms with Gasteiger partial charge in [0.15, 0.2) is 0 Å². The number of rotatable bonds is 5. The molecule has 2 aromatic heterocycles. The van der Waals surface area contributed by atoms with Gasteiger partial charge in [-0.1, -0.05) is 12.8 Å². The van der Waals surface area contributed by atoms with Crippen molar-refractivity contribution < 1.29 is 8.42 Å². The van der Waals surface area contributed by atoms with Crippen molar-refractivity contribution in [1.29, 1.82) is 0 Å². The summed E-state index contributed by atoms with van der Waals surface area (Å²) in [4.78, 5) is 23.8. The molecule has 1 saturated carbocycles. The van der Waals surface area contributed by atoms with E-state index in [1.54, 1.807) is 22.6 Å². The second-order valence-electron chi connectivity index (χ2n) is 9.26. The van der Waals surface area contributed by atoms with Gasteiger partial charge >= 0.3 is 0 Å². The molecule has 32 heavy (non-hydrogen) atoms. The maximum atomic E-state index is 12.7. The second kappa shape index (κ2) is 8.57. The fraction of sp³-hybridized carbons (Fsp3) is 0.591. The molecule has 0 bridgehead atoms. The highest BCUT2D eigenvalue weighted by atomic mass is 32.2. The van der Waals surface area contributed by atoms with Gasteiger partial charge in [-0.3, -0.25) is 14.3 Å². The third-order valence-electron chi connectivity index (χ3n) is 6.77. The van der Waals surface area contributed by atoms with Gasteiger partial charge in [0.1, 0.15) is 5.65 Å². The number of nitrogens with one attached hydrogen (secondary N) is 1. The highest BCUT2D eigenvalue weighted by molar-refractivity contribution is 7.92. The minimum Gasteiger partial charge on any atom is -0.351 e. The average Bonchev–Trinajstić information content (AvgIpc) is 3.27. The molecule has 0 spiro atoms. The van der Waals surface area contributed by atoms with Crippen LogP contribution in [0.1, 0.15) is 44.6 Å². The number of aromatic nitrogens is 3. The number of sulfonamides is 1.